The molecular formula is C29H39FN2O6. The number of rotatable bonds is 9. The number of hydrogen-bond acceptors (Lipinski definition) is 5. The lowest BCUT2D eigenvalue weighted by Crippen LogP contribution is -2.51. The number of fused-ring (bicyclic) bond motifs is 2. The van der Waals surface area contributed by atoms with Gasteiger partial charge in [0, 0.05) is 18.7 Å². The van der Waals surface area contributed by atoms with E-state index in [1.165, 1.54) is 19.6 Å². The van der Waals surface area contributed by atoms with E-state index in [0.717, 1.165) is 38.2 Å². The fraction of sp³-hybridized carbons (Fsp3) is 0.690. The molecule has 4 aliphatic carbocycles. The highest BCUT2D eigenvalue weighted by Gasteiger charge is 2.51. The minimum atomic E-state index is -0.817. The molecule has 0 radical (unpaired) electrons. The molecule has 9 heteroatoms. The van der Waals surface area contributed by atoms with Crippen molar-refractivity contribution in [3.8, 4) is 11.5 Å². The fourth-order valence-corrected chi connectivity index (χ4v) is 7.06. The minimum absolute atomic E-state index is 0.0164. The van der Waals surface area contributed by atoms with Crippen LogP contribution >= 0.6 is 0 Å². The van der Waals surface area contributed by atoms with Gasteiger partial charge in [0.1, 0.15) is 5.75 Å². The maximum Gasteiger partial charge on any atom is 0.306 e. The lowest BCUT2D eigenvalue weighted by Gasteiger charge is -2.39. The highest BCUT2D eigenvalue weighted by molar-refractivity contribution is 5.98. The van der Waals surface area contributed by atoms with Crippen molar-refractivity contribution in [3.05, 3.63) is 23.5 Å². The largest absolute Gasteiger partial charge is 0.496 e. The Bertz CT molecular complexity index is 1080. The average Bonchev–Trinajstić information content (AvgIpc) is 3.49. The van der Waals surface area contributed by atoms with Gasteiger partial charge in [0.05, 0.1) is 30.6 Å². The zero-order chi connectivity index (χ0) is 27.0. The van der Waals surface area contributed by atoms with Crippen LogP contribution in [0.2, 0.25) is 0 Å². The zero-order valence-electron chi connectivity index (χ0n) is 22.3. The molecule has 2 amide bonds. The van der Waals surface area contributed by atoms with Crippen LogP contribution in [-0.2, 0) is 9.59 Å². The first-order chi connectivity index (χ1) is 18.2. The molecule has 4 saturated carbocycles. The SMILES string of the molecule is COc1cc(F)c(OC2CCC(C(=O)O)CC2)cc1C(=O)NC1C2CCC(C2)C1C(=O)NCC1(C)CCC1. The lowest BCUT2D eigenvalue weighted by molar-refractivity contribution is -0.143. The maximum atomic E-state index is 14.9. The first-order valence-corrected chi connectivity index (χ1v) is 14.0. The summed E-state index contributed by atoms with van der Waals surface area (Å²) >= 11 is 0. The molecule has 4 unspecified atom stereocenters. The number of carboxylic acids is 1. The smallest absolute Gasteiger partial charge is 0.306 e. The van der Waals surface area contributed by atoms with Crippen LogP contribution in [0.15, 0.2) is 12.1 Å². The van der Waals surface area contributed by atoms with Crippen LogP contribution < -0.4 is 20.1 Å². The van der Waals surface area contributed by atoms with E-state index in [1.54, 1.807) is 0 Å². The number of ether oxygens (including phenoxy) is 2. The van der Waals surface area contributed by atoms with Gasteiger partial charge < -0.3 is 25.2 Å². The maximum absolute atomic E-state index is 14.9. The Balaban J connectivity index is 1.28. The second-order valence-corrected chi connectivity index (χ2v) is 12.2. The van der Waals surface area contributed by atoms with Crippen LogP contribution in [0.25, 0.3) is 0 Å². The third-order valence-corrected chi connectivity index (χ3v) is 9.58. The van der Waals surface area contributed by atoms with Gasteiger partial charge in [-0.25, -0.2) is 4.39 Å². The molecule has 0 spiro atoms. The normalized spacial score (nSPS) is 31.2. The van der Waals surface area contributed by atoms with E-state index in [1.807, 2.05) is 0 Å². The molecule has 208 valence electrons. The molecule has 4 fully saturated rings. The first kappa shape index (κ1) is 26.8. The number of methoxy groups -OCH3 is 1. The standard InChI is InChI=1S/C29H39FN2O6/c1-29(10-3-11-29)15-31-27(34)24-17-4-5-18(12-17)25(24)32-26(33)20-13-23(21(30)14-22(20)37-2)38-19-8-6-16(7-9-19)28(35)36/h13-14,16-19,24-25H,3-12,15H2,1-2H3,(H,31,34)(H,32,33)(H,35,36). The quantitative estimate of drug-likeness (QED) is 0.439. The highest BCUT2D eigenvalue weighted by atomic mass is 19.1. The molecule has 0 aliphatic heterocycles. The van der Waals surface area contributed by atoms with Crippen molar-refractivity contribution in [2.24, 2.45) is 29.1 Å². The van der Waals surface area contributed by atoms with E-state index >= 15 is 0 Å². The van der Waals surface area contributed by atoms with Crippen molar-refractivity contribution >= 4 is 17.8 Å². The van der Waals surface area contributed by atoms with Gasteiger partial charge in [0.25, 0.3) is 5.91 Å². The number of nitrogens with one attached hydrogen (secondary N) is 2. The summed E-state index contributed by atoms with van der Waals surface area (Å²) < 4.78 is 26.1. The molecule has 0 heterocycles. The molecule has 3 N–H and O–H groups in total. The molecule has 4 aliphatic rings. The van der Waals surface area contributed by atoms with Gasteiger partial charge in [-0.3, -0.25) is 14.4 Å². The van der Waals surface area contributed by atoms with Crippen molar-refractivity contribution in [2.45, 2.75) is 83.3 Å². The molecule has 2 bridgehead atoms. The predicted molar refractivity (Wildman–Crippen MR) is 138 cm³/mol. The van der Waals surface area contributed by atoms with Crippen LogP contribution in [0, 0.1) is 34.9 Å². The molecular weight excluding hydrogens is 491 g/mol. The number of carbonyl (C=O) groups is 3. The third-order valence-electron chi connectivity index (χ3n) is 9.58. The molecule has 0 aromatic heterocycles. The summed E-state index contributed by atoms with van der Waals surface area (Å²) in [5, 5.41) is 15.5. The van der Waals surface area contributed by atoms with Gasteiger partial charge in [-0.2, -0.15) is 0 Å². The molecule has 38 heavy (non-hydrogen) atoms. The van der Waals surface area contributed by atoms with Crippen molar-refractivity contribution in [2.75, 3.05) is 13.7 Å². The van der Waals surface area contributed by atoms with Crippen LogP contribution in [0.3, 0.4) is 0 Å². The zero-order valence-corrected chi connectivity index (χ0v) is 22.3. The Kier molecular flexibility index (Phi) is 7.56. The fourth-order valence-electron chi connectivity index (χ4n) is 7.06. The molecule has 1 aromatic carbocycles. The van der Waals surface area contributed by atoms with Crippen LogP contribution in [0.5, 0.6) is 11.5 Å². The molecule has 1 aromatic rings. The number of hydrogen-bond donors (Lipinski definition) is 3. The van der Waals surface area contributed by atoms with E-state index in [-0.39, 0.29) is 58.3 Å². The van der Waals surface area contributed by atoms with Gasteiger partial charge in [0.15, 0.2) is 11.6 Å². The predicted octanol–water partition coefficient (Wildman–Crippen LogP) is 4.31. The van der Waals surface area contributed by atoms with Crippen LogP contribution in [0.4, 0.5) is 4.39 Å². The summed E-state index contributed by atoms with van der Waals surface area (Å²) in [5.41, 5.74) is 0.337. The monoisotopic (exact) mass is 530 g/mol. The minimum Gasteiger partial charge on any atom is -0.496 e. The highest BCUT2D eigenvalue weighted by Crippen LogP contribution is 2.49. The Labute approximate surface area is 223 Å². The van der Waals surface area contributed by atoms with E-state index in [0.29, 0.717) is 32.2 Å². The number of amides is 2. The van der Waals surface area contributed by atoms with Crippen molar-refractivity contribution < 1.29 is 33.4 Å². The number of carbonyl (C=O) groups excluding carboxylic acids is 2. The molecule has 4 atom stereocenters. The van der Waals surface area contributed by atoms with Gasteiger partial charge in [-0.1, -0.05) is 13.3 Å². The Morgan fingerprint density at radius 2 is 1.76 bits per heavy atom. The summed E-state index contributed by atoms with van der Waals surface area (Å²) in [4.78, 5) is 38.0. The lowest BCUT2D eigenvalue weighted by atomic mass is 9.70. The average molecular weight is 531 g/mol. The molecule has 5 rings (SSSR count). The third kappa shape index (κ3) is 5.34. The number of aliphatic carboxylic acids is 1. The van der Waals surface area contributed by atoms with Crippen LogP contribution in [-0.4, -0.2) is 48.7 Å². The summed E-state index contributed by atoms with van der Waals surface area (Å²) in [5.74, 6) is -1.98. The summed E-state index contributed by atoms with van der Waals surface area (Å²) in [6, 6.07) is 2.24. The number of carboxylic acid groups (broad SMARTS) is 1. The second-order valence-electron chi connectivity index (χ2n) is 12.2. The van der Waals surface area contributed by atoms with Crippen LogP contribution in [0.1, 0.15) is 81.5 Å². The van der Waals surface area contributed by atoms with Crippen molar-refractivity contribution in [1.82, 2.24) is 10.6 Å². The first-order valence-electron chi connectivity index (χ1n) is 14.0. The summed E-state index contributed by atoms with van der Waals surface area (Å²) in [6.07, 6.45) is 7.98. The van der Waals surface area contributed by atoms with E-state index in [2.05, 4.69) is 17.6 Å². The summed E-state index contributed by atoms with van der Waals surface area (Å²) in [7, 11) is 1.38. The topological polar surface area (TPSA) is 114 Å². The van der Waals surface area contributed by atoms with Gasteiger partial charge >= 0.3 is 5.97 Å². The molecule has 8 nitrogen and oxygen atoms in total. The number of benzene rings is 1. The summed E-state index contributed by atoms with van der Waals surface area (Å²) in [6.45, 7) is 2.87. The Hall–Kier alpha value is -2.84. The van der Waals surface area contributed by atoms with E-state index < -0.39 is 23.6 Å². The van der Waals surface area contributed by atoms with Crippen molar-refractivity contribution in [1.29, 1.82) is 0 Å². The Morgan fingerprint density at radius 3 is 2.39 bits per heavy atom. The second kappa shape index (κ2) is 10.7. The number of halogens is 1. The van der Waals surface area contributed by atoms with E-state index in [4.69, 9.17) is 9.47 Å². The van der Waals surface area contributed by atoms with E-state index in [9.17, 15) is 23.9 Å². The Morgan fingerprint density at radius 1 is 1.05 bits per heavy atom. The van der Waals surface area contributed by atoms with Crippen molar-refractivity contribution in [3.63, 3.8) is 0 Å². The van der Waals surface area contributed by atoms with Gasteiger partial charge in [0.2, 0.25) is 5.91 Å². The van der Waals surface area contributed by atoms with Gasteiger partial charge in [-0.05, 0) is 81.1 Å². The molecule has 0 saturated heterocycles. The van der Waals surface area contributed by atoms with Gasteiger partial charge in [-0.15, -0.1) is 0 Å².